The first kappa shape index (κ1) is 13.6. The summed E-state index contributed by atoms with van der Waals surface area (Å²) in [4.78, 5) is 0. The average molecular weight is 263 g/mol. The van der Waals surface area contributed by atoms with Crippen LogP contribution in [0.5, 0.6) is 0 Å². The van der Waals surface area contributed by atoms with Gasteiger partial charge in [-0.25, -0.2) is 8.78 Å². The highest BCUT2D eigenvalue weighted by Gasteiger charge is 2.13. The minimum Gasteiger partial charge on any atom is -0.395 e. The van der Waals surface area contributed by atoms with Gasteiger partial charge in [0.05, 0.1) is 12.6 Å². The summed E-state index contributed by atoms with van der Waals surface area (Å²) >= 11 is 0. The summed E-state index contributed by atoms with van der Waals surface area (Å²) in [5.41, 5.74) is 1.72. The number of nitrogens with one attached hydrogen (secondary N) is 1. The van der Waals surface area contributed by atoms with E-state index >= 15 is 0 Å². The Morgan fingerprint density at radius 2 is 1.26 bits per heavy atom. The van der Waals surface area contributed by atoms with Gasteiger partial charge in [-0.15, -0.1) is 0 Å². The molecule has 0 saturated heterocycles. The van der Waals surface area contributed by atoms with E-state index in [-0.39, 0.29) is 24.3 Å². The molecule has 0 aliphatic heterocycles. The van der Waals surface area contributed by atoms with Crippen LogP contribution >= 0.6 is 0 Å². The molecular formula is C15H15F2NO. The van der Waals surface area contributed by atoms with Crippen molar-refractivity contribution in [2.24, 2.45) is 0 Å². The third kappa shape index (κ3) is 3.59. The van der Waals surface area contributed by atoms with Crippen LogP contribution < -0.4 is 5.32 Å². The van der Waals surface area contributed by atoms with Gasteiger partial charge in [0.25, 0.3) is 0 Å². The molecule has 0 atom stereocenters. The molecule has 0 spiro atoms. The monoisotopic (exact) mass is 263 g/mol. The van der Waals surface area contributed by atoms with Gasteiger partial charge in [0.1, 0.15) is 11.6 Å². The molecule has 2 N–H and O–H groups in total. The lowest BCUT2D eigenvalue weighted by molar-refractivity contribution is 0.288. The van der Waals surface area contributed by atoms with Crippen molar-refractivity contribution in [3.8, 4) is 0 Å². The van der Waals surface area contributed by atoms with Crippen molar-refractivity contribution in [2.45, 2.75) is 6.04 Å². The molecule has 0 radical (unpaired) electrons. The van der Waals surface area contributed by atoms with Crippen LogP contribution in [0.4, 0.5) is 8.78 Å². The highest BCUT2D eigenvalue weighted by Crippen LogP contribution is 2.22. The second kappa shape index (κ2) is 6.41. The van der Waals surface area contributed by atoms with Crippen LogP contribution in [0.3, 0.4) is 0 Å². The number of rotatable bonds is 5. The van der Waals surface area contributed by atoms with Gasteiger partial charge in [0, 0.05) is 6.54 Å². The number of aliphatic hydroxyl groups is 1. The molecule has 19 heavy (non-hydrogen) atoms. The highest BCUT2D eigenvalue weighted by atomic mass is 19.1. The van der Waals surface area contributed by atoms with Gasteiger partial charge >= 0.3 is 0 Å². The van der Waals surface area contributed by atoms with E-state index in [0.29, 0.717) is 6.54 Å². The van der Waals surface area contributed by atoms with Crippen LogP contribution in [0.25, 0.3) is 0 Å². The predicted octanol–water partition coefficient (Wildman–Crippen LogP) is 2.64. The molecule has 0 amide bonds. The Hall–Kier alpha value is -1.78. The first-order valence-corrected chi connectivity index (χ1v) is 6.06. The summed E-state index contributed by atoms with van der Waals surface area (Å²) in [5, 5.41) is 12.1. The van der Waals surface area contributed by atoms with Crippen LogP contribution in [-0.4, -0.2) is 18.3 Å². The zero-order valence-corrected chi connectivity index (χ0v) is 10.3. The minimum absolute atomic E-state index is 0.00110. The van der Waals surface area contributed by atoms with Gasteiger partial charge in [-0.05, 0) is 35.4 Å². The lowest BCUT2D eigenvalue weighted by atomic mass is 9.98. The smallest absolute Gasteiger partial charge is 0.123 e. The van der Waals surface area contributed by atoms with E-state index in [2.05, 4.69) is 5.32 Å². The largest absolute Gasteiger partial charge is 0.395 e. The van der Waals surface area contributed by atoms with E-state index in [1.165, 1.54) is 24.3 Å². The number of hydrogen-bond acceptors (Lipinski definition) is 2. The SMILES string of the molecule is OCCNC(c1ccc(F)cc1)c1ccc(F)cc1. The normalized spacial score (nSPS) is 10.9. The van der Waals surface area contributed by atoms with Gasteiger partial charge < -0.3 is 10.4 Å². The topological polar surface area (TPSA) is 32.3 Å². The van der Waals surface area contributed by atoms with Crippen molar-refractivity contribution in [1.82, 2.24) is 5.32 Å². The van der Waals surface area contributed by atoms with Crippen LogP contribution in [-0.2, 0) is 0 Å². The Labute approximate surface area is 110 Å². The quantitative estimate of drug-likeness (QED) is 0.869. The Balaban J connectivity index is 2.29. The Kier molecular flexibility index (Phi) is 4.60. The zero-order valence-electron chi connectivity index (χ0n) is 10.3. The third-order valence-electron chi connectivity index (χ3n) is 2.87. The Bertz CT molecular complexity index is 465. The fraction of sp³-hybridized carbons (Fsp3) is 0.200. The predicted molar refractivity (Wildman–Crippen MR) is 69.7 cm³/mol. The number of aliphatic hydroxyl groups excluding tert-OH is 1. The lowest BCUT2D eigenvalue weighted by Crippen LogP contribution is -2.25. The van der Waals surface area contributed by atoms with E-state index in [0.717, 1.165) is 11.1 Å². The summed E-state index contributed by atoms with van der Waals surface area (Å²) in [7, 11) is 0. The molecule has 2 aromatic rings. The molecule has 0 unspecified atom stereocenters. The van der Waals surface area contributed by atoms with Crippen molar-refractivity contribution in [1.29, 1.82) is 0 Å². The van der Waals surface area contributed by atoms with Crippen molar-refractivity contribution < 1.29 is 13.9 Å². The highest BCUT2D eigenvalue weighted by molar-refractivity contribution is 5.32. The summed E-state index contributed by atoms with van der Waals surface area (Å²) in [5.74, 6) is -0.604. The van der Waals surface area contributed by atoms with E-state index in [1.807, 2.05) is 0 Å². The van der Waals surface area contributed by atoms with Gasteiger partial charge in [0.2, 0.25) is 0 Å². The second-order valence-electron chi connectivity index (χ2n) is 4.21. The lowest BCUT2D eigenvalue weighted by Gasteiger charge is -2.19. The van der Waals surface area contributed by atoms with Crippen LogP contribution in [0, 0.1) is 11.6 Å². The van der Waals surface area contributed by atoms with Gasteiger partial charge in [-0.2, -0.15) is 0 Å². The average Bonchev–Trinajstić information content (AvgIpc) is 2.43. The molecule has 2 nitrogen and oxygen atoms in total. The number of halogens is 2. The molecule has 0 fully saturated rings. The molecule has 0 aromatic heterocycles. The van der Waals surface area contributed by atoms with Crippen LogP contribution in [0.15, 0.2) is 48.5 Å². The Morgan fingerprint density at radius 1 is 0.842 bits per heavy atom. The molecule has 0 aliphatic rings. The van der Waals surface area contributed by atoms with E-state index < -0.39 is 0 Å². The Morgan fingerprint density at radius 3 is 1.63 bits per heavy atom. The molecule has 2 rings (SSSR count). The molecule has 100 valence electrons. The molecule has 2 aromatic carbocycles. The summed E-state index contributed by atoms with van der Waals surface area (Å²) in [6.07, 6.45) is 0. The maximum absolute atomic E-state index is 12.9. The van der Waals surface area contributed by atoms with Crippen LogP contribution in [0.1, 0.15) is 17.2 Å². The van der Waals surface area contributed by atoms with Gasteiger partial charge in [0.15, 0.2) is 0 Å². The molecule has 0 saturated carbocycles. The van der Waals surface area contributed by atoms with E-state index in [4.69, 9.17) is 5.11 Å². The van der Waals surface area contributed by atoms with E-state index in [9.17, 15) is 8.78 Å². The maximum Gasteiger partial charge on any atom is 0.123 e. The van der Waals surface area contributed by atoms with Crippen molar-refractivity contribution in [3.63, 3.8) is 0 Å². The third-order valence-corrected chi connectivity index (χ3v) is 2.87. The van der Waals surface area contributed by atoms with Crippen LogP contribution in [0.2, 0.25) is 0 Å². The van der Waals surface area contributed by atoms with Gasteiger partial charge in [-0.3, -0.25) is 0 Å². The fourth-order valence-electron chi connectivity index (χ4n) is 1.95. The van der Waals surface area contributed by atoms with Gasteiger partial charge in [-0.1, -0.05) is 24.3 Å². The van der Waals surface area contributed by atoms with Crippen molar-refractivity contribution in [2.75, 3.05) is 13.2 Å². The number of hydrogen-bond donors (Lipinski definition) is 2. The van der Waals surface area contributed by atoms with Crippen molar-refractivity contribution in [3.05, 3.63) is 71.3 Å². The first-order valence-electron chi connectivity index (χ1n) is 6.06. The number of benzene rings is 2. The molecule has 0 bridgehead atoms. The molecular weight excluding hydrogens is 248 g/mol. The summed E-state index contributed by atoms with van der Waals surface area (Å²) in [6, 6.07) is 12.0. The van der Waals surface area contributed by atoms with E-state index in [1.54, 1.807) is 24.3 Å². The summed E-state index contributed by atoms with van der Waals surface area (Å²) in [6.45, 7) is 0.401. The molecule has 4 heteroatoms. The fourth-order valence-corrected chi connectivity index (χ4v) is 1.95. The second-order valence-corrected chi connectivity index (χ2v) is 4.21. The van der Waals surface area contributed by atoms with Crippen molar-refractivity contribution >= 4 is 0 Å². The zero-order chi connectivity index (χ0) is 13.7. The molecule has 0 heterocycles. The standard InChI is InChI=1S/C15H15F2NO/c16-13-5-1-11(2-6-13)15(18-9-10-19)12-3-7-14(17)8-4-12/h1-8,15,18-19H,9-10H2. The first-order chi connectivity index (χ1) is 9.20. The maximum atomic E-state index is 12.9. The summed E-state index contributed by atoms with van der Waals surface area (Å²) < 4.78 is 25.9. The molecule has 0 aliphatic carbocycles. The minimum atomic E-state index is -0.302.